The Kier molecular flexibility index (Phi) is 3.09. The molecule has 0 amide bonds. The monoisotopic (exact) mass is 216 g/mol. The van der Waals surface area contributed by atoms with Crippen LogP contribution in [0.5, 0.6) is 0 Å². The van der Waals surface area contributed by atoms with Gasteiger partial charge in [0.25, 0.3) is 0 Å². The highest BCUT2D eigenvalue weighted by Crippen LogP contribution is 2.20. The van der Waals surface area contributed by atoms with Crippen molar-refractivity contribution in [3.8, 4) is 0 Å². The topological polar surface area (TPSA) is 30.2 Å². The lowest BCUT2D eigenvalue weighted by atomic mass is 10.0. The van der Waals surface area contributed by atoms with Gasteiger partial charge in [0.1, 0.15) is 5.58 Å². The summed E-state index contributed by atoms with van der Waals surface area (Å²) in [5.41, 5.74) is 2.76. The third-order valence-corrected chi connectivity index (χ3v) is 2.82. The van der Waals surface area contributed by atoms with E-state index < -0.39 is 0 Å². The first-order chi connectivity index (χ1) is 7.74. The third kappa shape index (κ3) is 2.01. The molecule has 0 atom stereocenters. The Balaban J connectivity index is 2.68. The van der Waals surface area contributed by atoms with Gasteiger partial charge >= 0.3 is 5.63 Å². The van der Waals surface area contributed by atoms with E-state index in [4.69, 9.17) is 4.42 Å². The molecule has 0 fully saturated rings. The van der Waals surface area contributed by atoms with Crippen LogP contribution in [0.3, 0.4) is 0 Å². The van der Waals surface area contributed by atoms with Crippen molar-refractivity contribution in [2.75, 3.05) is 0 Å². The maximum Gasteiger partial charge on any atom is 0.336 e. The standard InChI is InChI=1S/C14H16O2/c1-3-5-11-9-14(15)16-13-8-10(4-2)6-7-12(11)13/h6-9H,3-5H2,1-2H3. The molecule has 0 bridgehead atoms. The molecule has 0 aliphatic carbocycles. The van der Waals surface area contributed by atoms with Crippen molar-refractivity contribution in [1.29, 1.82) is 0 Å². The molecule has 0 saturated carbocycles. The van der Waals surface area contributed by atoms with E-state index in [-0.39, 0.29) is 5.63 Å². The minimum Gasteiger partial charge on any atom is -0.423 e. The molecule has 2 nitrogen and oxygen atoms in total. The quantitative estimate of drug-likeness (QED) is 0.737. The zero-order valence-corrected chi connectivity index (χ0v) is 9.75. The smallest absolute Gasteiger partial charge is 0.336 e. The van der Waals surface area contributed by atoms with Crippen LogP contribution in [-0.4, -0.2) is 0 Å². The SMILES string of the molecule is CCCc1cc(=O)oc2cc(CC)ccc12. The van der Waals surface area contributed by atoms with Crippen LogP contribution in [0, 0.1) is 0 Å². The first kappa shape index (κ1) is 10.9. The van der Waals surface area contributed by atoms with Crippen molar-refractivity contribution in [2.45, 2.75) is 33.1 Å². The number of fused-ring (bicyclic) bond motifs is 1. The zero-order chi connectivity index (χ0) is 11.5. The maximum atomic E-state index is 11.4. The highest BCUT2D eigenvalue weighted by molar-refractivity contribution is 5.80. The maximum absolute atomic E-state index is 11.4. The molecule has 84 valence electrons. The second-order valence-electron chi connectivity index (χ2n) is 4.02. The first-order valence-electron chi connectivity index (χ1n) is 5.80. The molecule has 2 rings (SSSR count). The molecule has 0 spiro atoms. The van der Waals surface area contributed by atoms with Crippen LogP contribution < -0.4 is 5.63 Å². The van der Waals surface area contributed by atoms with Gasteiger partial charge in [-0.15, -0.1) is 0 Å². The number of aryl methyl sites for hydroxylation is 2. The molecule has 0 aliphatic heterocycles. The van der Waals surface area contributed by atoms with E-state index in [1.54, 1.807) is 6.07 Å². The second-order valence-corrected chi connectivity index (χ2v) is 4.02. The predicted molar refractivity (Wildman–Crippen MR) is 65.9 cm³/mol. The Morgan fingerprint density at radius 1 is 1.19 bits per heavy atom. The van der Waals surface area contributed by atoms with Crippen LogP contribution in [0.4, 0.5) is 0 Å². The highest BCUT2D eigenvalue weighted by atomic mass is 16.4. The van der Waals surface area contributed by atoms with Crippen molar-refractivity contribution in [3.05, 3.63) is 45.8 Å². The molecule has 1 aromatic carbocycles. The van der Waals surface area contributed by atoms with Gasteiger partial charge in [0.15, 0.2) is 0 Å². The molecule has 0 N–H and O–H groups in total. The molecule has 16 heavy (non-hydrogen) atoms. The number of hydrogen-bond donors (Lipinski definition) is 0. The minimum absolute atomic E-state index is 0.246. The average Bonchev–Trinajstić information content (AvgIpc) is 2.28. The normalized spacial score (nSPS) is 10.9. The van der Waals surface area contributed by atoms with E-state index in [0.29, 0.717) is 0 Å². The summed E-state index contributed by atoms with van der Waals surface area (Å²) in [7, 11) is 0. The van der Waals surface area contributed by atoms with Gasteiger partial charge in [-0.05, 0) is 30.0 Å². The summed E-state index contributed by atoms with van der Waals surface area (Å²) in [5, 5.41) is 1.07. The first-order valence-corrected chi connectivity index (χ1v) is 5.80. The van der Waals surface area contributed by atoms with Crippen LogP contribution in [0.1, 0.15) is 31.4 Å². The number of rotatable bonds is 3. The van der Waals surface area contributed by atoms with Crippen molar-refractivity contribution < 1.29 is 4.42 Å². The molecule has 1 heterocycles. The summed E-state index contributed by atoms with van der Waals surface area (Å²) in [6.45, 7) is 4.20. The average molecular weight is 216 g/mol. The summed E-state index contributed by atoms with van der Waals surface area (Å²) in [6, 6.07) is 7.73. The fraction of sp³-hybridized carbons (Fsp3) is 0.357. The van der Waals surface area contributed by atoms with E-state index in [1.165, 1.54) is 5.56 Å². The van der Waals surface area contributed by atoms with Crippen LogP contribution in [-0.2, 0) is 12.8 Å². The van der Waals surface area contributed by atoms with E-state index in [0.717, 1.165) is 35.8 Å². The Hall–Kier alpha value is -1.57. The van der Waals surface area contributed by atoms with Crippen LogP contribution in [0.15, 0.2) is 33.5 Å². The molecular formula is C14H16O2. The molecule has 2 heteroatoms. The molecule has 1 aromatic heterocycles. The van der Waals surface area contributed by atoms with Gasteiger partial charge in [0.2, 0.25) is 0 Å². The highest BCUT2D eigenvalue weighted by Gasteiger charge is 2.05. The molecule has 0 aliphatic rings. The van der Waals surface area contributed by atoms with Gasteiger partial charge < -0.3 is 4.42 Å². The van der Waals surface area contributed by atoms with Gasteiger partial charge in [0.05, 0.1) is 0 Å². The Labute approximate surface area is 94.9 Å². The lowest BCUT2D eigenvalue weighted by Gasteiger charge is -2.05. The Morgan fingerprint density at radius 2 is 2.00 bits per heavy atom. The van der Waals surface area contributed by atoms with E-state index in [1.807, 2.05) is 6.07 Å². The third-order valence-electron chi connectivity index (χ3n) is 2.82. The summed E-state index contributed by atoms with van der Waals surface area (Å²) >= 11 is 0. The lowest BCUT2D eigenvalue weighted by Crippen LogP contribution is -2.00. The largest absolute Gasteiger partial charge is 0.423 e. The summed E-state index contributed by atoms with van der Waals surface area (Å²) in [4.78, 5) is 11.4. The van der Waals surface area contributed by atoms with Crippen LogP contribution in [0.25, 0.3) is 11.0 Å². The van der Waals surface area contributed by atoms with Crippen molar-refractivity contribution >= 4 is 11.0 Å². The van der Waals surface area contributed by atoms with Crippen LogP contribution >= 0.6 is 0 Å². The predicted octanol–water partition coefficient (Wildman–Crippen LogP) is 3.31. The van der Waals surface area contributed by atoms with Gasteiger partial charge in [-0.2, -0.15) is 0 Å². The van der Waals surface area contributed by atoms with Gasteiger partial charge in [-0.1, -0.05) is 32.4 Å². The number of benzene rings is 1. The fourth-order valence-electron chi connectivity index (χ4n) is 1.97. The number of hydrogen-bond acceptors (Lipinski definition) is 2. The van der Waals surface area contributed by atoms with Crippen LogP contribution in [0.2, 0.25) is 0 Å². The fourth-order valence-corrected chi connectivity index (χ4v) is 1.97. The zero-order valence-electron chi connectivity index (χ0n) is 9.75. The van der Waals surface area contributed by atoms with E-state index in [9.17, 15) is 4.79 Å². The molecule has 0 saturated heterocycles. The molecular weight excluding hydrogens is 200 g/mol. The second kappa shape index (κ2) is 4.52. The van der Waals surface area contributed by atoms with E-state index >= 15 is 0 Å². The van der Waals surface area contributed by atoms with Gasteiger partial charge in [0, 0.05) is 11.5 Å². The van der Waals surface area contributed by atoms with Crippen molar-refractivity contribution in [2.24, 2.45) is 0 Å². The molecule has 0 unspecified atom stereocenters. The Morgan fingerprint density at radius 3 is 2.69 bits per heavy atom. The van der Waals surface area contributed by atoms with E-state index in [2.05, 4.69) is 26.0 Å². The summed E-state index contributed by atoms with van der Waals surface area (Å²) in [5.74, 6) is 0. The van der Waals surface area contributed by atoms with Crippen molar-refractivity contribution in [3.63, 3.8) is 0 Å². The molecule has 2 aromatic rings. The van der Waals surface area contributed by atoms with Crippen molar-refractivity contribution in [1.82, 2.24) is 0 Å². The Bertz CT molecular complexity index is 552. The summed E-state index contributed by atoms with van der Waals surface area (Å²) in [6.07, 6.45) is 2.92. The van der Waals surface area contributed by atoms with Gasteiger partial charge in [-0.25, -0.2) is 4.79 Å². The minimum atomic E-state index is -0.246. The molecule has 0 radical (unpaired) electrons. The lowest BCUT2D eigenvalue weighted by molar-refractivity contribution is 0.558. The van der Waals surface area contributed by atoms with Gasteiger partial charge in [-0.3, -0.25) is 0 Å². The summed E-state index contributed by atoms with van der Waals surface area (Å²) < 4.78 is 5.24.